The van der Waals surface area contributed by atoms with Crippen LogP contribution in [0.25, 0.3) is 0 Å². The van der Waals surface area contributed by atoms with Crippen LogP contribution in [0.4, 0.5) is 11.4 Å². The molecule has 0 heterocycles. The minimum Gasteiger partial charge on any atom is -0.483 e. The van der Waals surface area contributed by atoms with Crippen LogP contribution in [0.2, 0.25) is 0 Å². The number of hydrogen-bond acceptors (Lipinski definition) is 5. The summed E-state index contributed by atoms with van der Waals surface area (Å²) in [5.41, 5.74) is 3.22. The molecule has 0 aliphatic carbocycles. The predicted molar refractivity (Wildman–Crippen MR) is 122 cm³/mol. The van der Waals surface area contributed by atoms with Crippen LogP contribution in [-0.4, -0.2) is 24.4 Å². The van der Waals surface area contributed by atoms with Gasteiger partial charge in [0, 0.05) is 12.5 Å². The van der Waals surface area contributed by atoms with Crippen molar-refractivity contribution in [1.82, 2.24) is 0 Å². The van der Waals surface area contributed by atoms with Gasteiger partial charge in [0.05, 0.1) is 11.4 Å². The van der Waals surface area contributed by atoms with E-state index in [1.807, 2.05) is 32.0 Å². The Morgan fingerprint density at radius 1 is 0.844 bits per heavy atom. The van der Waals surface area contributed by atoms with E-state index in [-0.39, 0.29) is 18.3 Å². The molecule has 3 aromatic carbocycles. The van der Waals surface area contributed by atoms with Crippen molar-refractivity contribution in [3.63, 3.8) is 0 Å². The van der Waals surface area contributed by atoms with Crippen LogP contribution in [0.5, 0.6) is 11.5 Å². The van der Waals surface area contributed by atoms with Crippen molar-refractivity contribution in [3.05, 3.63) is 83.4 Å². The van der Waals surface area contributed by atoms with Gasteiger partial charge in [0.25, 0.3) is 11.8 Å². The Kier molecular flexibility index (Phi) is 7.23. The number of anilines is 2. The lowest BCUT2D eigenvalue weighted by Crippen LogP contribution is -2.22. The maximum atomic E-state index is 12.7. The average Bonchev–Trinajstić information content (AvgIpc) is 2.76. The molecule has 7 nitrogen and oxygen atoms in total. The van der Waals surface area contributed by atoms with E-state index in [1.54, 1.807) is 42.5 Å². The summed E-state index contributed by atoms with van der Waals surface area (Å²) in [6.07, 6.45) is 0. The molecule has 2 N–H and O–H groups in total. The van der Waals surface area contributed by atoms with E-state index in [1.165, 1.54) is 13.0 Å². The largest absolute Gasteiger partial charge is 0.483 e. The molecule has 0 fully saturated rings. The first kappa shape index (κ1) is 22.6. The number of esters is 1. The summed E-state index contributed by atoms with van der Waals surface area (Å²) in [7, 11) is 0. The molecule has 0 spiro atoms. The fourth-order valence-corrected chi connectivity index (χ4v) is 2.97. The fourth-order valence-electron chi connectivity index (χ4n) is 2.97. The Hall–Kier alpha value is -4.13. The van der Waals surface area contributed by atoms with Crippen LogP contribution < -0.4 is 20.1 Å². The molecule has 0 saturated carbocycles. The zero-order valence-electron chi connectivity index (χ0n) is 18.1. The van der Waals surface area contributed by atoms with Gasteiger partial charge in [-0.3, -0.25) is 14.4 Å². The molecule has 0 aliphatic heterocycles. The molecule has 0 aromatic heterocycles. The van der Waals surface area contributed by atoms with Crippen LogP contribution >= 0.6 is 0 Å². The molecule has 0 aliphatic rings. The monoisotopic (exact) mass is 432 g/mol. The summed E-state index contributed by atoms with van der Waals surface area (Å²) in [5, 5.41) is 5.53. The Morgan fingerprint density at radius 2 is 1.53 bits per heavy atom. The van der Waals surface area contributed by atoms with Crippen LogP contribution in [0, 0.1) is 13.8 Å². The highest BCUT2D eigenvalue weighted by Crippen LogP contribution is 2.24. The SMILES string of the molecule is CC(=O)Oc1cccc(C(=O)Nc2ccccc2NC(=O)COc2cccc(C)c2C)c1. The second-order valence-electron chi connectivity index (χ2n) is 7.16. The summed E-state index contributed by atoms with van der Waals surface area (Å²) in [5.74, 6) is -0.319. The van der Waals surface area contributed by atoms with Crippen molar-refractivity contribution < 1.29 is 23.9 Å². The number of aryl methyl sites for hydroxylation is 1. The van der Waals surface area contributed by atoms with Crippen LogP contribution in [0.1, 0.15) is 28.4 Å². The molecule has 3 aromatic rings. The smallest absolute Gasteiger partial charge is 0.308 e. The van der Waals surface area contributed by atoms with Gasteiger partial charge in [-0.2, -0.15) is 0 Å². The molecule has 0 saturated heterocycles. The molecular formula is C25H24N2O5. The Bertz CT molecular complexity index is 1160. The molecular weight excluding hydrogens is 408 g/mol. The number of carbonyl (C=O) groups is 3. The highest BCUT2D eigenvalue weighted by atomic mass is 16.5. The fraction of sp³-hybridized carbons (Fsp3) is 0.160. The van der Waals surface area contributed by atoms with E-state index in [9.17, 15) is 14.4 Å². The number of ether oxygens (including phenoxy) is 2. The lowest BCUT2D eigenvalue weighted by atomic mass is 10.1. The van der Waals surface area contributed by atoms with Gasteiger partial charge in [0.15, 0.2) is 6.61 Å². The average molecular weight is 432 g/mol. The molecule has 0 atom stereocenters. The van der Waals surface area contributed by atoms with Gasteiger partial charge in [-0.1, -0.05) is 30.3 Å². The van der Waals surface area contributed by atoms with Gasteiger partial charge in [-0.15, -0.1) is 0 Å². The second kappa shape index (κ2) is 10.3. The minimum atomic E-state index is -0.473. The third kappa shape index (κ3) is 5.95. The second-order valence-corrected chi connectivity index (χ2v) is 7.16. The number of hydrogen-bond donors (Lipinski definition) is 2. The molecule has 2 amide bonds. The predicted octanol–water partition coefficient (Wildman–Crippen LogP) is 4.50. The van der Waals surface area contributed by atoms with E-state index < -0.39 is 11.9 Å². The number of benzene rings is 3. The molecule has 3 rings (SSSR count). The van der Waals surface area contributed by atoms with Gasteiger partial charge in [-0.05, 0) is 61.4 Å². The first-order chi connectivity index (χ1) is 15.3. The van der Waals surface area contributed by atoms with Gasteiger partial charge in [0.2, 0.25) is 0 Å². The van der Waals surface area contributed by atoms with Crippen molar-refractivity contribution >= 4 is 29.2 Å². The topological polar surface area (TPSA) is 93.7 Å². The van der Waals surface area contributed by atoms with Crippen molar-refractivity contribution in [2.75, 3.05) is 17.2 Å². The van der Waals surface area contributed by atoms with Gasteiger partial charge >= 0.3 is 5.97 Å². The van der Waals surface area contributed by atoms with Crippen molar-refractivity contribution in [2.45, 2.75) is 20.8 Å². The summed E-state index contributed by atoms with van der Waals surface area (Å²) in [6.45, 7) is 5.03. The van der Waals surface area contributed by atoms with Gasteiger partial charge in [-0.25, -0.2) is 0 Å². The summed E-state index contributed by atoms with van der Waals surface area (Å²) in [6, 6.07) is 18.8. The number of carbonyl (C=O) groups excluding carboxylic acids is 3. The standard InChI is InChI=1S/C25H24N2O5/c1-16-8-6-13-23(17(16)2)31-15-24(29)26-21-11-4-5-12-22(21)27-25(30)19-9-7-10-20(14-19)32-18(3)28/h4-14H,15H2,1-3H3,(H,26,29)(H,27,30). The highest BCUT2D eigenvalue weighted by molar-refractivity contribution is 6.07. The number of nitrogens with one attached hydrogen (secondary N) is 2. The third-order valence-electron chi connectivity index (χ3n) is 4.72. The van der Waals surface area contributed by atoms with Gasteiger partial charge in [0.1, 0.15) is 11.5 Å². The highest BCUT2D eigenvalue weighted by Gasteiger charge is 2.13. The van der Waals surface area contributed by atoms with E-state index in [0.717, 1.165) is 11.1 Å². The molecule has 0 bridgehead atoms. The first-order valence-electron chi connectivity index (χ1n) is 10.0. The van der Waals surface area contributed by atoms with Gasteiger partial charge < -0.3 is 20.1 Å². The number of amides is 2. The van der Waals surface area contributed by atoms with Crippen molar-refractivity contribution in [3.8, 4) is 11.5 Å². The first-order valence-corrected chi connectivity index (χ1v) is 10.0. The molecule has 32 heavy (non-hydrogen) atoms. The summed E-state index contributed by atoms with van der Waals surface area (Å²) < 4.78 is 10.7. The zero-order chi connectivity index (χ0) is 23.1. The maximum Gasteiger partial charge on any atom is 0.308 e. The zero-order valence-corrected chi connectivity index (χ0v) is 18.1. The molecule has 7 heteroatoms. The lowest BCUT2D eigenvalue weighted by molar-refractivity contribution is -0.131. The number of rotatable bonds is 7. The maximum absolute atomic E-state index is 12.7. The summed E-state index contributed by atoms with van der Waals surface area (Å²) in [4.78, 5) is 36.3. The van der Waals surface area contributed by atoms with E-state index in [0.29, 0.717) is 22.7 Å². The lowest BCUT2D eigenvalue weighted by Gasteiger charge is -2.14. The van der Waals surface area contributed by atoms with Crippen LogP contribution in [-0.2, 0) is 9.59 Å². The van der Waals surface area contributed by atoms with E-state index in [2.05, 4.69) is 10.6 Å². The molecule has 0 radical (unpaired) electrons. The third-order valence-corrected chi connectivity index (χ3v) is 4.72. The summed E-state index contributed by atoms with van der Waals surface area (Å²) >= 11 is 0. The van der Waals surface area contributed by atoms with Crippen LogP contribution in [0.15, 0.2) is 66.7 Å². The minimum absolute atomic E-state index is 0.170. The Labute approximate surface area is 186 Å². The Morgan fingerprint density at radius 3 is 2.25 bits per heavy atom. The Balaban J connectivity index is 1.66. The van der Waals surface area contributed by atoms with Crippen molar-refractivity contribution in [2.24, 2.45) is 0 Å². The quantitative estimate of drug-likeness (QED) is 0.424. The molecule has 164 valence electrons. The number of para-hydroxylation sites is 2. The van der Waals surface area contributed by atoms with Crippen molar-refractivity contribution in [1.29, 1.82) is 0 Å². The van der Waals surface area contributed by atoms with E-state index in [4.69, 9.17) is 9.47 Å². The molecule has 0 unspecified atom stereocenters. The normalized spacial score (nSPS) is 10.2. The van der Waals surface area contributed by atoms with Crippen LogP contribution in [0.3, 0.4) is 0 Å². The van der Waals surface area contributed by atoms with E-state index >= 15 is 0 Å².